The molecule has 1 aliphatic heterocycles. The van der Waals surface area contributed by atoms with Gasteiger partial charge in [-0.15, -0.1) is 0 Å². The third-order valence-corrected chi connectivity index (χ3v) is 4.29. The first kappa shape index (κ1) is 14.2. The number of nitrogens with one attached hydrogen (secondary N) is 2. The molecule has 1 unspecified atom stereocenters. The van der Waals surface area contributed by atoms with Gasteiger partial charge in [-0.1, -0.05) is 6.42 Å². The summed E-state index contributed by atoms with van der Waals surface area (Å²) < 4.78 is 5.09. The Hall–Kier alpha value is -1.24. The molecule has 0 spiro atoms. The molecule has 1 fully saturated rings. The van der Waals surface area contributed by atoms with Crippen molar-refractivity contribution in [2.45, 2.75) is 31.4 Å². The Bertz CT molecular complexity index is 398. The molecular weight excluding hydrogens is 262 g/mol. The van der Waals surface area contributed by atoms with Crippen LogP contribution in [0.5, 0.6) is 6.01 Å². The second-order valence-electron chi connectivity index (χ2n) is 4.37. The Morgan fingerprint density at radius 1 is 1.21 bits per heavy atom. The number of rotatable bonds is 6. The van der Waals surface area contributed by atoms with E-state index in [1.165, 1.54) is 25.0 Å². The van der Waals surface area contributed by atoms with Gasteiger partial charge in [0.05, 0.1) is 7.11 Å². The number of aromatic nitrogens is 3. The quantitative estimate of drug-likeness (QED) is 0.827. The molecule has 0 saturated carbocycles. The molecule has 2 heterocycles. The van der Waals surface area contributed by atoms with Crippen LogP contribution in [0.15, 0.2) is 0 Å². The molecule has 0 bridgehead atoms. The van der Waals surface area contributed by atoms with Gasteiger partial charge in [0.1, 0.15) is 0 Å². The van der Waals surface area contributed by atoms with Gasteiger partial charge in [0, 0.05) is 18.3 Å². The Morgan fingerprint density at radius 2 is 2.00 bits per heavy atom. The maximum atomic E-state index is 5.09. The highest BCUT2D eigenvalue weighted by Gasteiger charge is 2.14. The normalized spacial score (nSPS) is 18.9. The minimum Gasteiger partial charge on any atom is -0.467 e. The number of thioether (sulfide) groups is 1. The van der Waals surface area contributed by atoms with E-state index >= 15 is 0 Å². The van der Waals surface area contributed by atoms with Crippen molar-refractivity contribution in [3.05, 3.63) is 0 Å². The van der Waals surface area contributed by atoms with E-state index in [1.807, 2.05) is 18.7 Å². The monoisotopic (exact) mass is 283 g/mol. The number of hydrogen-bond acceptors (Lipinski definition) is 7. The minimum atomic E-state index is 0.338. The summed E-state index contributed by atoms with van der Waals surface area (Å²) in [4.78, 5) is 12.7. The van der Waals surface area contributed by atoms with Crippen molar-refractivity contribution in [2.24, 2.45) is 0 Å². The van der Waals surface area contributed by atoms with Gasteiger partial charge < -0.3 is 15.4 Å². The highest BCUT2D eigenvalue weighted by Crippen LogP contribution is 2.25. The van der Waals surface area contributed by atoms with Gasteiger partial charge in [0.15, 0.2) is 0 Å². The highest BCUT2D eigenvalue weighted by molar-refractivity contribution is 7.99. The van der Waals surface area contributed by atoms with Crippen molar-refractivity contribution in [3.8, 4) is 6.01 Å². The van der Waals surface area contributed by atoms with Crippen molar-refractivity contribution in [3.63, 3.8) is 0 Å². The SMILES string of the molecule is CCNc1nc(NCC2CCCCS2)nc(OC)n1. The van der Waals surface area contributed by atoms with Crippen LogP contribution in [0.1, 0.15) is 26.2 Å². The predicted molar refractivity (Wildman–Crippen MR) is 79.1 cm³/mol. The van der Waals surface area contributed by atoms with Crippen LogP contribution in [0.2, 0.25) is 0 Å². The zero-order valence-electron chi connectivity index (χ0n) is 11.5. The molecule has 2 rings (SSSR count). The Balaban J connectivity index is 1.95. The van der Waals surface area contributed by atoms with Crippen LogP contribution in [-0.4, -0.2) is 46.2 Å². The molecule has 1 saturated heterocycles. The average molecular weight is 283 g/mol. The van der Waals surface area contributed by atoms with Crippen LogP contribution in [-0.2, 0) is 0 Å². The van der Waals surface area contributed by atoms with Gasteiger partial charge >= 0.3 is 6.01 Å². The molecule has 106 valence electrons. The standard InChI is InChI=1S/C12H21N5OS/c1-3-13-10-15-11(17-12(16-10)18-2)14-8-9-6-4-5-7-19-9/h9H,3-8H2,1-2H3,(H2,13,14,15,16,17). The lowest BCUT2D eigenvalue weighted by Crippen LogP contribution is -2.21. The van der Waals surface area contributed by atoms with Gasteiger partial charge in [-0.25, -0.2) is 0 Å². The number of nitrogens with zero attached hydrogens (tertiary/aromatic N) is 3. The molecule has 1 aliphatic rings. The summed E-state index contributed by atoms with van der Waals surface area (Å²) in [6.07, 6.45) is 3.92. The number of hydrogen-bond donors (Lipinski definition) is 2. The molecule has 0 aliphatic carbocycles. The topological polar surface area (TPSA) is 72.0 Å². The van der Waals surface area contributed by atoms with E-state index in [2.05, 4.69) is 25.6 Å². The molecular formula is C12H21N5OS. The van der Waals surface area contributed by atoms with E-state index in [0.29, 0.717) is 23.2 Å². The fourth-order valence-electron chi connectivity index (χ4n) is 1.94. The number of anilines is 2. The molecule has 2 N–H and O–H groups in total. The lowest BCUT2D eigenvalue weighted by molar-refractivity contribution is 0.379. The summed E-state index contributed by atoms with van der Waals surface area (Å²) in [5.41, 5.74) is 0. The Morgan fingerprint density at radius 3 is 2.63 bits per heavy atom. The van der Waals surface area contributed by atoms with Crippen LogP contribution in [0, 0.1) is 0 Å². The third-order valence-electron chi connectivity index (χ3n) is 2.89. The van der Waals surface area contributed by atoms with E-state index in [0.717, 1.165) is 13.1 Å². The first-order valence-corrected chi connectivity index (χ1v) is 7.76. The fourth-order valence-corrected chi connectivity index (χ4v) is 3.18. The molecule has 1 atom stereocenters. The Kier molecular flexibility index (Phi) is 5.50. The van der Waals surface area contributed by atoms with Crippen molar-refractivity contribution >= 4 is 23.7 Å². The molecule has 1 aromatic heterocycles. The molecule has 19 heavy (non-hydrogen) atoms. The largest absolute Gasteiger partial charge is 0.467 e. The van der Waals surface area contributed by atoms with Crippen molar-refractivity contribution in [1.82, 2.24) is 15.0 Å². The summed E-state index contributed by atoms with van der Waals surface area (Å²) in [5, 5.41) is 7.01. The van der Waals surface area contributed by atoms with Crippen LogP contribution in [0.25, 0.3) is 0 Å². The first-order valence-electron chi connectivity index (χ1n) is 6.71. The summed E-state index contributed by atoms with van der Waals surface area (Å²) in [6, 6.07) is 0.338. The van der Waals surface area contributed by atoms with Gasteiger partial charge in [0.2, 0.25) is 11.9 Å². The van der Waals surface area contributed by atoms with Crippen LogP contribution < -0.4 is 15.4 Å². The zero-order chi connectivity index (χ0) is 13.5. The molecule has 0 radical (unpaired) electrons. The average Bonchev–Trinajstić information content (AvgIpc) is 2.46. The smallest absolute Gasteiger partial charge is 0.322 e. The van der Waals surface area contributed by atoms with E-state index in [-0.39, 0.29) is 0 Å². The van der Waals surface area contributed by atoms with Crippen LogP contribution in [0.3, 0.4) is 0 Å². The predicted octanol–water partition coefficient (Wildman–Crippen LogP) is 2.01. The summed E-state index contributed by atoms with van der Waals surface area (Å²) >= 11 is 2.03. The van der Waals surface area contributed by atoms with Crippen LogP contribution in [0.4, 0.5) is 11.9 Å². The molecule has 0 amide bonds. The van der Waals surface area contributed by atoms with Crippen molar-refractivity contribution in [2.75, 3.05) is 36.6 Å². The molecule has 7 heteroatoms. The summed E-state index contributed by atoms with van der Waals surface area (Å²) in [7, 11) is 1.56. The lowest BCUT2D eigenvalue weighted by Gasteiger charge is -2.21. The minimum absolute atomic E-state index is 0.338. The van der Waals surface area contributed by atoms with Gasteiger partial charge in [0.25, 0.3) is 0 Å². The van der Waals surface area contributed by atoms with E-state index in [4.69, 9.17) is 4.74 Å². The second kappa shape index (κ2) is 7.37. The van der Waals surface area contributed by atoms with Gasteiger partial charge in [-0.2, -0.15) is 26.7 Å². The maximum absolute atomic E-state index is 5.09. The fraction of sp³-hybridized carbons (Fsp3) is 0.750. The van der Waals surface area contributed by atoms with Gasteiger partial charge in [-0.05, 0) is 25.5 Å². The summed E-state index contributed by atoms with van der Waals surface area (Å²) in [5.74, 6) is 2.39. The van der Waals surface area contributed by atoms with Crippen LogP contribution >= 0.6 is 11.8 Å². The van der Waals surface area contributed by atoms with Gasteiger partial charge in [-0.3, -0.25) is 0 Å². The number of ether oxygens (including phenoxy) is 1. The van der Waals surface area contributed by atoms with E-state index in [9.17, 15) is 0 Å². The van der Waals surface area contributed by atoms with E-state index < -0.39 is 0 Å². The maximum Gasteiger partial charge on any atom is 0.322 e. The third kappa shape index (κ3) is 4.41. The second-order valence-corrected chi connectivity index (χ2v) is 5.78. The Labute approximate surface area is 118 Å². The lowest BCUT2D eigenvalue weighted by atomic mass is 10.2. The summed E-state index contributed by atoms with van der Waals surface area (Å²) in [6.45, 7) is 3.66. The first-order chi connectivity index (χ1) is 9.31. The molecule has 1 aromatic rings. The highest BCUT2D eigenvalue weighted by atomic mass is 32.2. The molecule has 0 aromatic carbocycles. The van der Waals surface area contributed by atoms with E-state index in [1.54, 1.807) is 7.11 Å². The van der Waals surface area contributed by atoms with Crippen molar-refractivity contribution in [1.29, 1.82) is 0 Å². The number of methoxy groups -OCH3 is 1. The molecule has 6 nitrogen and oxygen atoms in total. The van der Waals surface area contributed by atoms with Crippen molar-refractivity contribution < 1.29 is 4.74 Å². The zero-order valence-corrected chi connectivity index (χ0v) is 12.3.